The molecule has 0 aliphatic rings. The lowest BCUT2D eigenvalue weighted by Gasteiger charge is -1.98. The monoisotopic (exact) mass is 382 g/mol. The summed E-state index contributed by atoms with van der Waals surface area (Å²) in [5, 5.41) is 9.93. The van der Waals surface area contributed by atoms with Gasteiger partial charge in [-0.2, -0.15) is 0 Å². The number of ether oxygens (including phenoxy) is 1. The van der Waals surface area contributed by atoms with Gasteiger partial charge in [0.15, 0.2) is 5.69 Å². The highest BCUT2D eigenvalue weighted by Gasteiger charge is 2.08. The van der Waals surface area contributed by atoms with Crippen LogP contribution in [0.25, 0.3) is 0 Å². The van der Waals surface area contributed by atoms with E-state index in [2.05, 4.69) is 14.7 Å². The van der Waals surface area contributed by atoms with Crippen molar-refractivity contribution in [2.24, 2.45) is 0 Å². The molecule has 2 rings (SSSR count). The van der Waals surface area contributed by atoms with Crippen molar-refractivity contribution in [1.29, 1.82) is 0 Å². The molecule has 118 valence electrons. The Balaban J connectivity index is 0.000000224. The second-order valence-corrected chi connectivity index (χ2v) is 5.39. The molecule has 2 heterocycles. The van der Waals surface area contributed by atoms with Gasteiger partial charge >= 0.3 is 5.97 Å². The number of halogens is 4. The fraction of sp³-hybridized carbons (Fsp3) is 0.154. The molecule has 2 aromatic rings. The molecule has 0 saturated heterocycles. The summed E-state index contributed by atoms with van der Waals surface area (Å²) in [6.07, 6.45) is 0. The van der Waals surface area contributed by atoms with E-state index in [1.807, 2.05) is 0 Å². The van der Waals surface area contributed by atoms with Crippen molar-refractivity contribution in [1.82, 2.24) is 9.97 Å². The van der Waals surface area contributed by atoms with E-state index in [9.17, 15) is 4.79 Å². The van der Waals surface area contributed by atoms with Gasteiger partial charge in [-0.1, -0.05) is 46.4 Å². The van der Waals surface area contributed by atoms with Crippen LogP contribution in [0, 0.1) is 0 Å². The molecule has 0 aromatic carbocycles. The van der Waals surface area contributed by atoms with E-state index >= 15 is 0 Å². The summed E-state index contributed by atoms with van der Waals surface area (Å²) in [4.78, 5) is 18.4. The number of rotatable bonds is 2. The van der Waals surface area contributed by atoms with Gasteiger partial charge in [0.2, 0.25) is 0 Å². The number of carbonyl (C=O) groups excluding carboxylic acids is 1. The maximum absolute atomic E-state index is 10.9. The van der Waals surface area contributed by atoms with Crippen LogP contribution in [-0.2, 0) is 11.3 Å². The Morgan fingerprint density at radius 1 is 1.05 bits per heavy atom. The number of methoxy groups -OCH3 is 1. The molecule has 1 N–H and O–H groups in total. The predicted molar refractivity (Wildman–Crippen MR) is 85.8 cm³/mol. The van der Waals surface area contributed by atoms with Gasteiger partial charge < -0.3 is 9.84 Å². The maximum atomic E-state index is 10.9. The number of aliphatic hydroxyl groups is 1. The first-order valence-electron chi connectivity index (χ1n) is 5.70. The van der Waals surface area contributed by atoms with Crippen LogP contribution in [0.2, 0.25) is 20.4 Å². The topological polar surface area (TPSA) is 72.3 Å². The zero-order chi connectivity index (χ0) is 16.7. The molecule has 0 saturated carbocycles. The van der Waals surface area contributed by atoms with E-state index in [1.165, 1.54) is 25.3 Å². The van der Waals surface area contributed by atoms with Crippen LogP contribution in [0.5, 0.6) is 0 Å². The van der Waals surface area contributed by atoms with Gasteiger partial charge in [0.25, 0.3) is 0 Å². The third kappa shape index (κ3) is 6.34. The van der Waals surface area contributed by atoms with Crippen LogP contribution in [0.3, 0.4) is 0 Å². The van der Waals surface area contributed by atoms with Gasteiger partial charge in [-0.05, 0) is 24.3 Å². The summed E-state index contributed by atoms with van der Waals surface area (Å²) in [5.41, 5.74) is 0.590. The number of pyridine rings is 2. The number of nitrogens with zero attached hydrogens (tertiary/aromatic N) is 2. The zero-order valence-corrected chi connectivity index (χ0v) is 14.2. The number of hydrogen-bond donors (Lipinski definition) is 1. The standard InChI is InChI=1S/C7H5Cl2NO2.C6H5Cl2NO/c1-12-7(11)5-2-4(8)3-6(9)10-5;7-4-1-5(3-10)9-6(8)2-4/h2-3H,1H3;1-2,10H,3H2. The highest BCUT2D eigenvalue weighted by molar-refractivity contribution is 6.34. The lowest BCUT2D eigenvalue weighted by atomic mass is 10.3. The molecule has 0 radical (unpaired) electrons. The van der Waals surface area contributed by atoms with Gasteiger partial charge in [-0.25, -0.2) is 14.8 Å². The first kappa shape index (κ1) is 18.9. The first-order valence-corrected chi connectivity index (χ1v) is 7.21. The van der Waals surface area contributed by atoms with E-state index in [1.54, 1.807) is 6.07 Å². The van der Waals surface area contributed by atoms with Gasteiger partial charge in [0.05, 0.1) is 19.4 Å². The van der Waals surface area contributed by atoms with Crippen molar-refractivity contribution in [3.8, 4) is 0 Å². The molecule has 0 aliphatic carbocycles. The molecule has 0 bridgehead atoms. The quantitative estimate of drug-likeness (QED) is 0.625. The highest BCUT2D eigenvalue weighted by Crippen LogP contribution is 2.16. The molecule has 0 spiro atoms. The van der Waals surface area contributed by atoms with E-state index < -0.39 is 5.97 Å². The Kier molecular flexibility index (Phi) is 7.85. The van der Waals surface area contributed by atoms with Crippen molar-refractivity contribution in [3.63, 3.8) is 0 Å². The summed E-state index contributed by atoms with van der Waals surface area (Å²) in [5.74, 6) is -0.556. The number of aromatic nitrogens is 2. The van der Waals surface area contributed by atoms with Gasteiger partial charge in [-0.15, -0.1) is 0 Å². The summed E-state index contributed by atoms with van der Waals surface area (Å²) < 4.78 is 4.43. The average molecular weight is 384 g/mol. The largest absolute Gasteiger partial charge is 0.464 e. The predicted octanol–water partition coefficient (Wildman–Crippen LogP) is 4.06. The normalized spacial score (nSPS) is 9.73. The molecular weight excluding hydrogens is 374 g/mol. The SMILES string of the molecule is COC(=O)c1cc(Cl)cc(Cl)n1.OCc1cc(Cl)cc(Cl)n1. The van der Waals surface area contributed by atoms with Crippen molar-refractivity contribution in [3.05, 3.63) is 56.0 Å². The van der Waals surface area contributed by atoms with E-state index in [0.717, 1.165) is 0 Å². The van der Waals surface area contributed by atoms with Crippen molar-refractivity contribution < 1.29 is 14.6 Å². The molecule has 0 unspecified atom stereocenters. The van der Waals surface area contributed by atoms with Crippen LogP contribution < -0.4 is 0 Å². The van der Waals surface area contributed by atoms with Gasteiger partial charge in [0, 0.05) is 10.0 Å². The molecule has 0 aliphatic heterocycles. The summed E-state index contributed by atoms with van der Waals surface area (Å²) >= 11 is 22.3. The van der Waals surface area contributed by atoms with Crippen LogP contribution in [0.15, 0.2) is 24.3 Å². The third-order valence-electron chi connectivity index (χ3n) is 2.13. The minimum atomic E-state index is -0.556. The molecule has 0 amide bonds. The van der Waals surface area contributed by atoms with Crippen LogP contribution in [-0.4, -0.2) is 28.2 Å². The second kappa shape index (κ2) is 9.12. The summed E-state index contributed by atoms with van der Waals surface area (Å²) in [6, 6.07) is 5.91. The van der Waals surface area contributed by atoms with Crippen LogP contribution in [0.1, 0.15) is 16.2 Å². The zero-order valence-electron chi connectivity index (χ0n) is 11.2. The second-order valence-electron chi connectivity index (χ2n) is 3.74. The molecule has 5 nitrogen and oxygen atoms in total. The Hall–Kier alpha value is -1.11. The Bertz CT molecular complexity index is 627. The van der Waals surface area contributed by atoms with E-state index in [0.29, 0.717) is 20.9 Å². The van der Waals surface area contributed by atoms with Crippen LogP contribution >= 0.6 is 46.4 Å². The van der Waals surface area contributed by atoms with Gasteiger partial charge in [0.1, 0.15) is 10.3 Å². The fourth-order valence-electron chi connectivity index (χ4n) is 1.27. The summed E-state index contributed by atoms with van der Waals surface area (Å²) in [7, 11) is 1.26. The minimum absolute atomic E-state index is 0.106. The number of carbonyl (C=O) groups is 1. The van der Waals surface area contributed by atoms with E-state index in [-0.39, 0.29) is 17.5 Å². The molecule has 22 heavy (non-hydrogen) atoms. The van der Waals surface area contributed by atoms with E-state index in [4.69, 9.17) is 51.5 Å². The highest BCUT2D eigenvalue weighted by atomic mass is 35.5. The number of hydrogen-bond acceptors (Lipinski definition) is 5. The smallest absolute Gasteiger partial charge is 0.356 e. The Morgan fingerprint density at radius 3 is 2.05 bits per heavy atom. The summed E-state index contributed by atoms with van der Waals surface area (Å²) in [6.45, 7) is -0.139. The number of esters is 1. The van der Waals surface area contributed by atoms with Gasteiger partial charge in [-0.3, -0.25) is 0 Å². The molecule has 2 aromatic heterocycles. The third-order valence-corrected chi connectivity index (χ3v) is 2.95. The lowest BCUT2D eigenvalue weighted by Crippen LogP contribution is -2.03. The Labute approximate surface area is 146 Å². The van der Waals surface area contributed by atoms with Crippen LogP contribution in [0.4, 0.5) is 0 Å². The van der Waals surface area contributed by atoms with Crippen molar-refractivity contribution in [2.45, 2.75) is 6.61 Å². The fourth-order valence-corrected chi connectivity index (χ4v) is 2.25. The maximum Gasteiger partial charge on any atom is 0.356 e. The molecule has 9 heteroatoms. The minimum Gasteiger partial charge on any atom is -0.464 e. The first-order chi connectivity index (χ1) is 10.3. The van der Waals surface area contributed by atoms with Crippen molar-refractivity contribution >= 4 is 52.4 Å². The van der Waals surface area contributed by atoms with Crippen molar-refractivity contribution in [2.75, 3.05) is 7.11 Å². The Morgan fingerprint density at radius 2 is 1.59 bits per heavy atom. The average Bonchev–Trinajstić information content (AvgIpc) is 2.45. The molecular formula is C13H10Cl4N2O3. The molecule has 0 atom stereocenters. The molecule has 0 fully saturated rings. The lowest BCUT2D eigenvalue weighted by molar-refractivity contribution is 0.0594. The number of aliphatic hydroxyl groups excluding tert-OH is 1.